The monoisotopic (exact) mass is 476 g/mol. The molecule has 0 aliphatic carbocycles. The van der Waals surface area contributed by atoms with Crippen molar-refractivity contribution in [3.05, 3.63) is 83.3 Å². The first-order chi connectivity index (χ1) is 16.9. The average Bonchev–Trinajstić information content (AvgIpc) is 3.36. The predicted molar refractivity (Wildman–Crippen MR) is 126 cm³/mol. The zero-order valence-corrected chi connectivity index (χ0v) is 19.3. The second-order valence-electron chi connectivity index (χ2n) is 7.71. The number of nitrogens with zero attached hydrogens (tertiary/aromatic N) is 1. The summed E-state index contributed by atoms with van der Waals surface area (Å²) in [5.74, 6) is 0.582. The third-order valence-corrected chi connectivity index (χ3v) is 5.18. The first-order valence-corrected chi connectivity index (χ1v) is 10.9. The summed E-state index contributed by atoms with van der Waals surface area (Å²) in [4.78, 5) is 38.3. The van der Waals surface area contributed by atoms with Crippen molar-refractivity contribution in [2.24, 2.45) is 0 Å². The van der Waals surface area contributed by atoms with Crippen molar-refractivity contribution in [2.45, 2.75) is 13.5 Å². The number of barbiturate groups is 1. The molecule has 0 bridgehead atoms. The van der Waals surface area contributed by atoms with Crippen LogP contribution in [0, 0.1) is 6.92 Å². The molecule has 2 aromatic carbocycles. The Bertz CT molecular complexity index is 1260. The second-order valence-corrected chi connectivity index (χ2v) is 7.71. The highest BCUT2D eigenvalue weighted by Gasteiger charge is 2.36. The van der Waals surface area contributed by atoms with Gasteiger partial charge in [0.15, 0.2) is 11.5 Å². The zero-order valence-electron chi connectivity index (χ0n) is 19.3. The Hall–Kier alpha value is -4.53. The molecule has 35 heavy (non-hydrogen) atoms. The van der Waals surface area contributed by atoms with Crippen molar-refractivity contribution >= 4 is 23.9 Å². The molecule has 2 heterocycles. The normalized spacial score (nSPS) is 14.7. The van der Waals surface area contributed by atoms with Gasteiger partial charge in [0.05, 0.1) is 19.9 Å². The molecule has 9 nitrogen and oxygen atoms in total. The molecule has 0 saturated carbocycles. The predicted octanol–water partition coefficient (Wildman–Crippen LogP) is 3.72. The van der Waals surface area contributed by atoms with Crippen molar-refractivity contribution in [2.75, 3.05) is 20.3 Å². The van der Waals surface area contributed by atoms with Gasteiger partial charge in [0.1, 0.15) is 30.3 Å². The van der Waals surface area contributed by atoms with Gasteiger partial charge in [-0.25, -0.2) is 4.79 Å². The van der Waals surface area contributed by atoms with E-state index in [0.717, 1.165) is 16.2 Å². The van der Waals surface area contributed by atoms with E-state index in [2.05, 4.69) is 5.32 Å². The lowest BCUT2D eigenvalue weighted by atomic mass is 10.1. The topological polar surface area (TPSA) is 107 Å². The van der Waals surface area contributed by atoms with Gasteiger partial charge >= 0.3 is 6.03 Å². The van der Waals surface area contributed by atoms with Gasteiger partial charge in [-0.3, -0.25) is 19.8 Å². The lowest BCUT2D eigenvalue weighted by Gasteiger charge is -2.25. The molecule has 1 aliphatic rings. The van der Waals surface area contributed by atoms with Gasteiger partial charge in [-0.1, -0.05) is 18.2 Å². The van der Waals surface area contributed by atoms with E-state index in [0.29, 0.717) is 29.4 Å². The van der Waals surface area contributed by atoms with Gasteiger partial charge < -0.3 is 18.6 Å². The van der Waals surface area contributed by atoms with Gasteiger partial charge in [-0.05, 0) is 60.5 Å². The van der Waals surface area contributed by atoms with E-state index in [9.17, 15) is 14.4 Å². The first kappa shape index (κ1) is 23.6. The van der Waals surface area contributed by atoms with Crippen molar-refractivity contribution in [1.29, 1.82) is 0 Å². The van der Waals surface area contributed by atoms with E-state index in [1.54, 1.807) is 30.3 Å². The average molecular weight is 476 g/mol. The number of carbonyl (C=O) groups excluding carboxylic acids is 3. The number of amides is 4. The fourth-order valence-corrected chi connectivity index (χ4v) is 3.47. The minimum atomic E-state index is -0.803. The summed E-state index contributed by atoms with van der Waals surface area (Å²) >= 11 is 0. The van der Waals surface area contributed by atoms with E-state index in [-0.39, 0.29) is 18.7 Å². The summed E-state index contributed by atoms with van der Waals surface area (Å²) in [5, 5.41) is 2.18. The van der Waals surface area contributed by atoms with E-state index >= 15 is 0 Å². The molecule has 180 valence electrons. The second kappa shape index (κ2) is 10.6. The molecule has 0 atom stereocenters. The molecule has 1 saturated heterocycles. The maximum Gasteiger partial charge on any atom is 0.331 e. The number of rotatable bonds is 9. The van der Waals surface area contributed by atoms with E-state index in [1.807, 2.05) is 31.2 Å². The Morgan fingerprint density at radius 2 is 1.80 bits per heavy atom. The number of hydrogen-bond donors (Lipinski definition) is 1. The van der Waals surface area contributed by atoms with Crippen LogP contribution in [0.3, 0.4) is 0 Å². The fourth-order valence-electron chi connectivity index (χ4n) is 3.47. The van der Waals surface area contributed by atoms with Crippen molar-refractivity contribution in [3.8, 4) is 17.2 Å². The molecule has 3 aromatic rings. The standard InChI is InChI=1S/C26H24N2O7/c1-17-5-3-6-19(13-17)34-11-12-35-22-9-8-18(15-23(22)32-2)14-21-24(29)27-26(31)28(25(21)30)16-20-7-4-10-33-20/h3-10,13-15H,11-12,16H2,1-2H3,(H,27,29,31)/b21-14+. The molecule has 1 aliphatic heterocycles. The molecule has 1 aromatic heterocycles. The van der Waals surface area contributed by atoms with E-state index < -0.39 is 17.8 Å². The number of hydrogen-bond acceptors (Lipinski definition) is 7. The highest BCUT2D eigenvalue weighted by Crippen LogP contribution is 2.29. The number of carbonyl (C=O) groups is 3. The highest BCUT2D eigenvalue weighted by molar-refractivity contribution is 6.30. The Balaban J connectivity index is 1.44. The Labute approximate surface area is 201 Å². The summed E-state index contributed by atoms with van der Waals surface area (Å²) < 4.78 is 22.1. The molecule has 0 spiro atoms. The van der Waals surface area contributed by atoms with Crippen LogP contribution in [0.4, 0.5) is 4.79 Å². The molecular weight excluding hydrogens is 452 g/mol. The number of ether oxygens (including phenoxy) is 3. The molecule has 0 radical (unpaired) electrons. The largest absolute Gasteiger partial charge is 0.493 e. The number of imide groups is 2. The fraction of sp³-hybridized carbons (Fsp3) is 0.192. The van der Waals surface area contributed by atoms with E-state index in [4.69, 9.17) is 18.6 Å². The molecule has 1 N–H and O–H groups in total. The van der Waals surface area contributed by atoms with Gasteiger partial charge in [0, 0.05) is 0 Å². The van der Waals surface area contributed by atoms with Crippen LogP contribution in [0.2, 0.25) is 0 Å². The number of methoxy groups -OCH3 is 1. The minimum absolute atomic E-state index is 0.0942. The van der Waals surface area contributed by atoms with Crippen LogP contribution in [0.15, 0.2) is 70.9 Å². The smallest absolute Gasteiger partial charge is 0.331 e. The minimum Gasteiger partial charge on any atom is -0.493 e. The number of nitrogens with one attached hydrogen (secondary N) is 1. The molecule has 0 unspecified atom stereocenters. The van der Waals surface area contributed by atoms with Crippen LogP contribution >= 0.6 is 0 Å². The summed E-state index contributed by atoms with van der Waals surface area (Å²) in [6.07, 6.45) is 2.83. The van der Waals surface area contributed by atoms with Crippen molar-refractivity contribution in [1.82, 2.24) is 10.2 Å². The lowest BCUT2D eigenvalue weighted by Crippen LogP contribution is -2.53. The van der Waals surface area contributed by atoms with Crippen molar-refractivity contribution < 1.29 is 33.0 Å². The number of furan rings is 1. The molecule has 4 rings (SSSR count). The number of urea groups is 1. The van der Waals surface area contributed by atoms with E-state index in [1.165, 1.54) is 19.4 Å². The third-order valence-electron chi connectivity index (χ3n) is 5.18. The quantitative estimate of drug-likeness (QED) is 0.285. The summed E-state index contributed by atoms with van der Waals surface area (Å²) in [7, 11) is 1.49. The van der Waals surface area contributed by atoms with Crippen LogP contribution in [0.5, 0.6) is 17.2 Å². The summed E-state index contributed by atoms with van der Waals surface area (Å²) in [6, 6.07) is 15.2. The lowest BCUT2D eigenvalue weighted by molar-refractivity contribution is -0.130. The number of benzene rings is 2. The summed E-state index contributed by atoms with van der Waals surface area (Å²) in [6.45, 7) is 2.52. The SMILES string of the molecule is COc1cc(/C=C2\C(=O)NC(=O)N(Cc3ccco3)C2=O)ccc1OCCOc1cccc(C)c1. The maximum absolute atomic E-state index is 12.9. The summed E-state index contributed by atoms with van der Waals surface area (Å²) in [5.41, 5.74) is 1.45. The number of aryl methyl sites for hydroxylation is 1. The van der Waals surface area contributed by atoms with Crippen molar-refractivity contribution in [3.63, 3.8) is 0 Å². The molecule has 4 amide bonds. The van der Waals surface area contributed by atoms with Crippen LogP contribution in [0.1, 0.15) is 16.9 Å². The van der Waals surface area contributed by atoms with Crippen LogP contribution in [-0.2, 0) is 16.1 Å². The van der Waals surface area contributed by atoms with Gasteiger partial charge in [0.25, 0.3) is 11.8 Å². The van der Waals surface area contributed by atoms with Gasteiger partial charge in [0.2, 0.25) is 0 Å². The van der Waals surface area contributed by atoms with Crippen LogP contribution in [0.25, 0.3) is 6.08 Å². The van der Waals surface area contributed by atoms with Crippen LogP contribution < -0.4 is 19.5 Å². The Morgan fingerprint density at radius 1 is 0.971 bits per heavy atom. The highest BCUT2D eigenvalue weighted by atomic mass is 16.5. The third kappa shape index (κ3) is 5.70. The Morgan fingerprint density at radius 3 is 2.54 bits per heavy atom. The van der Waals surface area contributed by atoms with Crippen LogP contribution in [-0.4, -0.2) is 43.1 Å². The first-order valence-electron chi connectivity index (χ1n) is 10.9. The molecule has 1 fully saturated rings. The Kier molecular flexibility index (Phi) is 7.15. The maximum atomic E-state index is 12.9. The molecular formula is C26H24N2O7. The van der Waals surface area contributed by atoms with Gasteiger partial charge in [-0.2, -0.15) is 0 Å². The zero-order chi connectivity index (χ0) is 24.8. The van der Waals surface area contributed by atoms with Gasteiger partial charge in [-0.15, -0.1) is 0 Å². The molecule has 9 heteroatoms.